The fraction of sp³-hybridized carbons (Fsp3) is 0.176. The average molecular weight is 389 g/mol. The van der Waals surface area contributed by atoms with Gasteiger partial charge in [-0.3, -0.25) is 9.69 Å². The second-order valence-electron chi connectivity index (χ2n) is 5.45. The van der Waals surface area contributed by atoms with E-state index in [1.165, 1.54) is 4.90 Å². The summed E-state index contributed by atoms with van der Waals surface area (Å²) in [5.41, 5.74) is 1.67. The average Bonchev–Trinajstić information content (AvgIpc) is 3.10. The highest BCUT2D eigenvalue weighted by Gasteiger charge is 2.53. The van der Waals surface area contributed by atoms with Crippen LogP contribution in [0, 0.1) is 0 Å². The monoisotopic (exact) mass is 388 g/mol. The molecule has 23 heavy (non-hydrogen) atoms. The standard InChI is InChI=1S/C17H13BrN2O2S/c18-12-8-6-11(7-9-12)16-20-14(10-23-16)15(21)19(17(20)22)13-4-2-1-3-5-13/h1-9,14,16H,10H2/t14-,16?/m0/s1. The highest BCUT2D eigenvalue weighted by molar-refractivity contribution is 9.10. The van der Waals surface area contributed by atoms with Crippen LogP contribution in [0.3, 0.4) is 0 Å². The lowest BCUT2D eigenvalue weighted by molar-refractivity contribution is -0.119. The third kappa shape index (κ3) is 2.37. The lowest BCUT2D eigenvalue weighted by atomic mass is 10.2. The molecule has 2 aromatic rings. The molecule has 2 fully saturated rings. The topological polar surface area (TPSA) is 40.6 Å². The number of hydrogen-bond donors (Lipinski definition) is 0. The number of urea groups is 1. The van der Waals surface area contributed by atoms with Gasteiger partial charge in [0.05, 0.1) is 5.69 Å². The van der Waals surface area contributed by atoms with Gasteiger partial charge in [0.15, 0.2) is 0 Å². The van der Waals surface area contributed by atoms with Gasteiger partial charge in [0.25, 0.3) is 5.91 Å². The zero-order chi connectivity index (χ0) is 16.0. The number of carbonyl (C=O) groups is 2. The third-order valence-corrected chi connectivity index (χ3v) is 5.94. The highest BCUT2D eigenvalue weighted by Crippen LogP contribution is 2.46. The number of fused-ring (bicyclic) bond motifs is 1. The first-order chi connectivity index (χ1) is 11.2. The zero-order valence-electron chi connectivity index (χ0n) is 12.1. The number of anilines is 1. The summed E-state index contributed by atoms with van der Waals surface area (Å²) in [4.78, 5) is 28.5. The zero-order valence-corrected chi connectivity index (χ0v) is 14.5. The summed E-state index contributed by atoms with van der Waals surface area (Å²) in [5, 5.41) is -0.113. The fourth-order valence-corrected chi connectivity index (χ4v) is 4.67. The van der Waals surface area contributed by atoms with Gasteiger partial charge < -0.3 is 0 Å². The Bertz CT molecular complexity index is 766. The van der Waals surface area contributed by atoms with E-state index in [2.05, 4.69) is 15.9 Å². The smallest absolute Gasteiger partial charge is 0.295 e. The quantitative estimate of drug-likeness (QED) is 0.729. The van der Waals surface area contributed by atoms with Gasteiger partial charge in [-0.25, -0.2) is 9.69 Å². The predicted molar refractivity (Wildman–Crippen MR) is 94.3 cm³/mol. The van der Waals surface area contributed by atoms with Crippen molar-refractivity contribution in [3.8, 4) is 0 Å². The normalized spacial score (nSPS) is 23.5. The van der Waals surface area contributed by atoms with Crippen molar-refractivity contribution in [2.45, 2.75) is 11.4 Å². The molecule has 2 heterocycles. The van der Waals surface area contributed by atoms with E-state index in [4.69, 9.17) is 0 Å². The van der Waals surface area contributed by atoms with Gasteiger partial charge in [0.1, 0.15) is 11.4 Å². The summed E-state index contributed by atoms with van der Waals surface area (Å²) in [6.07, 6.45) is 0. The van der Waals surface area contributed by atoms with Crippen molar-refractivity contribution in [1.82, 2.24) is 4.90 Å². The number of carbonyl (C=O) groups excluding carboxylic acids is 2. The molecule has 116 valence electrons. The first kappa shape index (κ1) is 14.8. The van der Waals surface area contributed by atoms with E-state index in [0.29, 0.717) is 11.4 Å². The molecule has 0 bridgehead atoms. The number of rotatable bonds is 2. The number of thioether (sulfide) groups is 1. The molecule has 4 rings (SSSR count). The molecule has 0 aliphatic carbocycles. The second-order valence-corrected chi connectivity index (χ2v) is 7.48. The van der Waals surface area contributed by atoms with Crippen molar-refractivity contribution in [3.05, 3.63) is 64.6 Å². The van der Waals surface area contributed by atoms with Crippen molar-refractivity contribution < 1.29 is 9.59 Å². The Balaban J connectivity index is 1.68. The van der Waals surface area contributed by atoms with E-state index >= 15 is 0 Å². The molecule has 2 saturated heterocycles. The van der Waals surface area contributed by atoms with Crippen LogP contribution in [0.25, 0.3) is 0 Å². The minimum Gasteiger partial charge on any atom is -0.295 e. The molecule has 0 saturated carbocycles. The van der Waals surface area contributed by atoms with E-state index in [-0.39, 0.29) is 23.4 Å². The highest BCUT2D eigenvalue weighted by atomic mass is 79.9. The molecule has 4 nitrogen and oxygen atoms in total. The van der Waals surface area contributed by atoms with Crippen molar-refractivity contribution in [3.63, 3.8) is 0 Å². The Labute approximate surface area is 146 Å². The maximum Gasteiger partial charge on any atom is 0.333 e. The molecule has 0 aromatic heterocycles. The van der Waals surface area contributed by atoms with Gasteiger partial charge in [-0.2, -0.15) is 0 Å². The van der Waals surface area contributed by atoms with Gasteiger partial charge in [0, 0.05) is 10.2 Å². The van der Waals surface area contributed by atoms with Gasteiger partial charge >= 0.3 is 6.03 Å². The van der Waals surface area contributed by atoms with Crippen LogP contribution in [0.4, 0.5) is 10.5 Å². The molecule has 0 radical (unpaired) electrons. The lowest BCUT2D eigenvalue weighted by Gasteiger charge is -2.23. The minimum absolute atomic E-state index is 0.113. The van der Waals surface area contributed by atoms with Crippen LogP contribution in [0.2, 0.25) is 0 Å². The molecule has 3 amide bonds. The Morgan fingerprint density at radius 2 is 1.70 bits per heavy atom. The van der Waals surface area contributed by atoms with Crippen LogP contribution < -0.4 is 4.90 Å². The molecule has 1 unspecified atom stereocenters. The molecule has 2 aromatic carbocycles. The van der Waals surface area contributed by atoms with Gasteiger partial charge in [-0.05, 0) is 29.8 Å². The second kappa shape index (κ2) is 5.69. The lowest BCUT2D eigenvalue weighted by Crippen LogP contribution is -2.33. The third-order valence-electron chi connectivity index (χ3n) is 4.09. The fourth-order valence-electron chi connectivity index (χ4n) is 2.99. The van der Waals surface area contributed by atoms with Crippen molar-refractivity contribution >= 4 is 45.3 Å². The van der Waals surface area contributed by atoms with E-state index in [9.17, 15) is 9.59 Å². The van der Waals surface area contributed by atoms with E-state index < -0.39 is 0 Å². The van der Waals surface area contributed by atoms with Crippen LogP contribution in [0.1, 0.15) is 10.9 Å². The number of halogens is 1. The van der Waals surface area contributed by atoms with Crippen LogP contribution in [0.5, 0.6) is 0 Å². The largest absolute Gasteiger partial charge is 0.333 e. The maximum atomic E-state index is 12.9. The van der Waals surface area contributed by atoms with Crippen LogP contribution in [0.15, 0.2) is 59.1 Å². The number of amides is 3. The molecule has 2 aliphatic rings. The molecule has 2 atom stereocenters. The molecular weight excluding hydrogens is 376 g/mol. The van der Waals surface area contributed by atoms with Crippen molar-refractivity contribution in [2.75, 3.05) is 10.7 Å². The van der Waals surface area contributed by atoms with E-state index in [0.717, 1.165) is 10.0 Å². The summed E-state index contributed by atoms with van der Waals surface area (Å²) < 4.78 is 0.996. The summed E-state index contributed by atoms with van der Waals surface area (Å²) in [6.45, 7) is 0. The SMILES string of the molecule is O=C1[C@@H]2CSC(c3ccc(Br)cc3)N2C(=O)N1c1ccccc1. The first-order valence-corrected chi connectivity index (χ1v) is 9.09. The summed E-state index contributed by atoms with van der Waals surface area (Å²) in [7, 11) is 0. The number of imide groups is 1. The van der Waals surface area contributed by atoms with Gasteiger partial charge in [0.2, 0.25) is 0 Å². The Kier molecular flexibility index (Phi) is 3.66. The molecule has 6 heteroatoms. The van der Waals surface area contributed by atoms with Crippen LogP contribution >= 0.6 is 27.7 Å². The molecular formula is C17H13BrN2O2S. The Hall–Kier alpha value is -1.79. The van der Waals surface area contributed by atoms with Crippen molar-refractivity contribution in [1.29, 1.82) is 0 Å². The van der Waals surface area contributed by atoms with Crippen molar-refractivity contribution in [2.24, 2.45) is 0 Å². The summed E-state index contributed by atoms with van der Waals surface area (Å²) in [5.74, 6) is 0.502. The molecule has 2 aliphatic heterocycles. The predicted octanol–water partition coefficient (Wildman–Crippen LogP) is 4.03. The van der Waals surface area contributed by atoms with E-state index in [1.54, 1.807) is 28.8 Å². The Morgan fingerprint density at radius 3 is 2.39 bits per heavy atom. The van der Waals surface area contributed by atoms with Gasteiger partial charge in [-0.1, -0.05) is 46.3 Å². The van der Waals surface area contributed by atoms with E-state index in [1.807, 2.05) is 42.5 Å². The first-order valence-electron chi connectivity index (χ1n) is 7.25. The summed E-state index contributed by atoms with van der Waals surface area (Å²) in [6, 6.07) is 16.4. The number of benzene rings is 2. The Morgan fingerprint density at radius 1 is 1.00 bits per heavy atom. The molecule has 0 spiro atoms. The number of nitrogens with zero attached hydrogens (tertiary/aromatic N) is 2. The van der Waals surface area contributed by atoms with Crippen LogP contribution in [-0.4, -0.2) is 28.6 Å². The minimum atomic E-state index is -0.374. The summed E-state index contributed by atoms with van der Waals surface area (Å²) >= 11 is 5.06. The number of hydrogen-bond acceptors (Lipinski definition) is 3. The number of para-hydroxylation sites is 1. The van der Waals surface area contributed by atoms with Crippen LogP contribution in [-0.2, 0) is 4.79 Å². The van der Waals surface area contributed by atoms with Gasteiger partial charge in [-0.15, -0.1) is 11.8 Å². The maximum absolute atomic E-state index is 12.9. The molecule has 0 N–H and O–H groups in total.